The Labute approximate surface area is 108 Å². The van der Waals surface area contributed by atoms with Crippen LogP contribution in [0, 0.1) is 0 Å². The number of likely N-dealkylation sites (N-methyl/N-ethyl adjacent to an activating group) is 1. The number of hydrogen-bond donors (Lipinski definition) is 0. The van der Waals surface area contributed by atoms with Crippen molar-refractivity contribution in [3.05, 3.63) is 30.1 Å². The number of halogens is 1. The van der Waals surface area contributed by atoms with Crippen molar-refractivity contribution in [2.45, 2.75) is 6.92 Å². The van der Waals surface area contributed by atoms with Gasteiger partial charge in [0, 0.05) is 44.1 Å². The molecule has 1 saturated heterocycles. The second-order valence-electron chi connectivity index (χ2n) is 3.96. The number of nitrogens with zero attached hydrogens (tertiary/aromatic N) is 3. The summed E-state index contributed by atoms with van der Waals surface area (Å²) in [7, 11) is 0. The smallest absolute Gasteiger partial charge is 0.254 e. The van der Waals surface area contributed by atoms with E-state index in [1.807, 2.05) is 4.90 Å². The lowest BCUT2D eigenvalue weighted by Crippen LogP contribution is -2.48. The third kappa shape index (κ3) is 3.41. The van der Waals surface area contributed by atoms with Gasteiger partial charge in [-0.25, -0.2) is 0 Å². The van der Waals surface area contributed by atoms with E-state index in [1.165, 1.54) is 0 Å². The Bertz CT molecular complexity index is 350. The molecule has 2 heterocycles. The number of aromatic nitrogens is 1. The van der Waals surface area contributed by atoms with E-state index in [0.717, 1.165) is 38.3 Å². The zero-order valence-electron chi connectivity index (χ0n) is 10.0. The highest BCUT2D eigenvalue weighted by Crippen LogP contribution is 2.07. The highest BCUT2D eigenvalue weighted by molar-refractivity contribution is 5.94. The molecule has 4 nitrogen and oxygen atoms in total. The molecule has 0 bridgehead atoms. The zero-order valence-corrected chi connectivity index (χ0v) is 10.8. The summed E-state index contributed by atoms with van der Waals surface area (Å²) in [5.74, 6) is 0.123. The van der Waals surface area contributed by atoms with Crippen LogP contribution in [-0.4, -0.2) is 53.4 Å². The van der Waals surface area contributed by atoms with E-state index in [0.29, 0.717) is 0 Å². The van der Waals surface area contributed by atoms with Gasteiger partial charge < -0.3 is 9.80 Å². The minimum Gasteiger partial charge on any atom is -0.336 e. The summed E-state index contributed by atoms with van der Waals surface area (Å²) in [6.07, 6.45) is 3.32. The van der Waals surface area contributed by atoms with Gasteiger partial charge in [-0.2, -0.15) is 0 Å². The van der Waals surface area contributed by atoms with Gasteiger partial charge in [0.05, 0.1) is 0 Å². The van der Waals surface area contributed by atoms with E-state index >= 15 is 0 Å². The third-order valence-electron chi connectivity index (χ3n) is 3.03. The second kappa shape index (κ2) is 6.57. The molecular formula is C12H18ClN3O. The number of piperazine rings is 1. The van der Waals surface area contributed by atoms with Crippen molar-refractivity contribution in [2.24, 2.45) is 0 Å². The van der Waals surface area contributed by atoms with E-state index < -0.39 is 0 Å². The molecule has 0 N–H and O–H groups in total. The first-order valence-corrected chi connectivity index (χ1v) is 5.73. The van der Waals surface area contributed by atoms with Crippen LogP contribution >= 0.6 is 12.4 Å². The normalized spacial score (nSPS) is 16.4. The molecule has 5 heteroatoms. The predicted octanol–water partition coefficient (Wildman–Crippen LogP) is 1.28. The van der Waals surface area contributed by atoms with E-state index in [1.54, 1.807) is 24.5 Å². The Hall–Kier alpha value is -1.13. The summed E-state index contributed by atoms with van der Waals surface area (Å²) in [4.78, 5) is 20.3. The van der Waals surface area contributed by atoms with Crippen LogP contribution in [0.2, 0.25) is 0 Å². The van der Waals surface area contributed by atoms with Gasteiger partial charge in [-0.1, -0.05) is 6.92 Å². The first kappa shape index (κ1) is 13.9. The van der Waals surface area contributed by atoms with Crippen molar-refractivity contribution in [3.8, 4) is 0 Å². The largest absolute Gasteiger partial charge is 0.336 e. The van der Waals surface area contributed by atoms with Gasteiger partial charge in [0.1, 0.15) is 0 Å². The van der Waals surface area contributed by atoms with Crippen molar-refractivity contribution in [1.82, 2.24) is 14.8 Å². The lowest BCUT2D eigenvalue weighted by Gasteiger charge is -2.34. The van der Waals surface area contributed by atoms with E-state index in [9.17, 15) is 4.79 Å². The highest BCUT2D eigenvalue weighted by Gasteiger charge is 2.20. The fraction of sp³-hybridized carbons (Fsp3) is 0.500. The second-order valence-corrected chi connectivity index (χ2v) is 3.96. The van der Waals surface area contributed by atoms with Crippen LogP contribution in [0.25, 0.3) is 0 Å². The molecule has 0 saturated carbocycles. The molecule has 0 aromatic carbocycles. The molecule has 1 aromatic rings. The van der Waals surface area contributed by atoms with Crippen LogP contribution in [0.3, 0.4) is 0 Å². The van der Waals surface area contributed by atoms with Gasteiger partial charge in [-0.15, -0.1) is 12.4 Å². The molecule has 0 unspecified atom stereocenters. The van der Waals surface area contributed by atoms with E-state index in [4.69, 9.17) is 0 Å². The van der Waals surface area contributed by atoms with Crippen LogP contribution in [0.1, 0.15) is 17.3 Å². The van der Waals surface area contributed by atoms with Gasteiger partial charge in [-0.3, -0.25) is 9.78 Å². The molecule has 0 radical (unpaired) electrons. The fourth-order valence-corrected chi connectivity index (χ4v) is 1.94. The first-order chi connectivity index (χ1) is 7.81. The molecule has 1 amide bonds. The third-order valence-corrected chi connectivity index (χ3v) is 3.03. The highest BCUT2D eigenvalue weighted by atomic mass is 35.5. The molecule has 0 aliphatic carbocycles. The van der Waals surface area contributed by atoms with Crippen LogP contribution in [0.15, 0.2) is 24.5 Å². The summed E-state index contributed by atoms with van der Waals surface area (Å²) in [5.41, 5.74) is 0.736. The van der Waals surface area contributed by atoms with E-state index in [2.05, 4.69) is 16.8 Å². The summed E-state index contributed by atoms with van der Waals surface area (Å²) in [5, 5.41) is 0. The Morgan fingerprint density at radius 3 is 2.35 bits per heavy atom. The standard InChI is InChI=1S/C12H17N3O.ClH/c1-2-14-7-9-15(10-8-14)12(16)11-3-5-13-6-4-11;/h3-6H,2,7-10H2,1H3;1H. The topological polar surface area (TPSA) is 36.4 Å². The number of carbonyl (C=O) groups is 1. The monoisotopic (exact) mass is 255 g/mol. The maximum absolute atomic E-state index is 12.1. The van der Waals surface area contributed by atoms with Crippen LogP contribution < -0.4 is 0 Å². The van der Waals surface area contributed by atoms with Crippen LogP contribution in [-0.2, 0) is 0 Å². The SMILES string of the molecule is CCN1CCN(C(=O)c2ccncc2)CC1.Cl. The molecule has 0 spiro atoms. The average Bonchev–Trinajstić information content (AvgIpc) is 2.39. The van der Waals surface area contributed by atoms with Crippen molar-refractivity contribution in [2.75, 3.05) is 32.7 Å². The van der Waals surface area contributed by atoms with Crippen molar-refractivity contribution in [3.63, 3.8) is 0 Å². The lowest BCUT2D eigenvalue weighted by molar-refractivity contribution is 0.0643. The van der Waals surface area contributed by atoms with Crippen molar-refractivity contribution in [1.29, 1.82) is 0 Å². The Kier molecular flexibility index (Phi) is 5.38. The van der Waals surface area contributed by atoms with Gasteiger partial charge >= 0.3 is 0 Å². The van der Waals surface area contributed by atoms with Crippen LogP contribution in [0.4, 0.5) is 0 Å². The number of rotatable bonds is 2. The molecule has 17 heavy (non-hydrogen) atoms. The van der Waals surface area contributed by atoms with Crippen molar-refractivity contribution < 1.29 is 4.79 Å². The minimum atomic E-state index is 0. The van der Waals surface area contributed by atoms with E-state index in [-0.39, 0.29) is 18.3 Å². The number of carbonyl (C=O) groups excluding carboxylic acids is 1. The van der Waals surface area contributed by atoms with Gasteiger partial charge in [0.2, 0.25) is 0 Å². The minimum absolute atomic E-state index is 0. The van der Waals surface area contributed by atoms with Gasteiger partial charge in [0.25, 0.3) is 5.91 Å². The number of amides is 1. The van der Waals surface area contributed by atoms with Crippen molar-refractivity contribution >= 4 is 18.3 Å². The molecule has 1 fully saturated rings. The Morgan fingerprint density at radius 1 is 1.24 bits per heavy atom. The number of pyridine rings is 1. The van der Waals surface area contributed by atoms with Gasteiger partial charge in [0.15, 0.2) is 0 Å². The molecule has 94 valence electrons. The molecule has 1 aromatic heterocycles. The molecule has 2 rings (SSSR count). The Morgan fingerprint density at radius 2 is 1.82 bits per heavy atom. The Balaban J connectivity index is 0.00000144. The van der Waals surface area contributed by atoms with Crippen LogP contribution in [0.5, 0.6) is 0 Å². The quantitative estimate of drug-likeness (QED) is 0.799. The average molecular weight is 256 g/mol. The first-order valence-electron chi connectivity index (χ1n) is 5.73. The molecule has 0 atom stereocenters. The summed E-state index contributed by atoms with van der Waals surface area (Å²) in [6.45, 7) is 6.84. The molecule has 1 aliphatic heterocycles. The fourth-order valence-electron chi connectivity index (χ4n) is 1.94. The summed E-state index contributed by atoms with van der Waals surface area (Å²) < 4.78 is 0. The molecule has 1 aliphatic rings. The molecular weight excluding hydrogens is 238 g/mol. The maximum Gasteiger partial charge on any atom is 0.254 e. The summed E-state index contributed by atoms with van der Waals surface area (Å²) >= 11 is 0. The predicted molar refractivity (Wildman–Crippen MR) is 69.5 cm³/mol. The summed E-state index contributed by atoms with van der Waals surface area (Å²) in [6, 6.07) is 3.54. The van der Waals surface area contributed by atoms with Gasteiger partial charge in [-0.05, 0) is 18.7 Å². The number of hydrogen-bond acceptors (Lipinski definition) is 3. The lowest BCUT2D eigenvalue weighted by atomic mass is 10.2. The zero-order chi connectivity index (χ0) is 11.4. The maximum atomic E-state index is 12.1.